The molecule has 1 aromatic rings. The SMILES string of the molecule is Cc1cc(Br)cc(CNC(C)(C)C)c1OC(C)C(C)O. The highest BCUT2D eigenvalue weighted by Gasteiger charge is 2.17. The van der Waals surface area contributed by atoms with Gasteiger partial charge in [0, 0.05) is 22.1 Å². The van der Waals surface area contributed by atoms with Gasteiger partial charge >= 0.3 is 0 Å². The molecular formula is C16H26BrNO2. The van der Waals surface area contributed by atoms with Crippen molar-refractivity contribution in [1.82, 2.24) is 5.32 Å². The fourth-order valence-corrected chi connectivity index (χ4v) is 2.36. The molecule has 0 radical (unpaired) electrons. The van der Waals surface area contributed by atoms with Gasteiger partial charge in [-0.25, -0.2) is 0 Å². The van der Waals surface area contributed by atoms with E-state index in [4.69, 9.17) is 4.74 Å². The van der Waals surface area contributed by atoms with Crippen LogP contribution >= 0.6 is 15.9 Å². The molecule has 0 bridgehead atoms. The van der Waals surface area contributed by atoms with E-state index >= 15 is 0 Å². The molecule has 0 aliphatic carbocycles. The monoisotopic (exact) mass is 343 g/mol. The average molecular weight is 344 g/mol. The number of aliphatic hydroxyl groups is 1. The Bertz CT molecular complexity index is 453. The lowest BCUT2D eigenvalue weighted by molar-refractivity contribution is 0.0592. The van der Waals surface area contributed by atoms with E-state index < -0.39 is 6.10 Å². The molecule has 0 aliphatic heterocycles. The normalized spacial score (nSPS) is 15.0. The minimum Gasteiger partial charge on any atom is -0.487 e. The third kappa shape index (κ3) is 5.43. The summed E-state index contributed by atoms with van der Waals surface area (Å²) >= 11 is 3.53. The Kier molecular flexibility index (Phi) is 6.05. The van der Waals surface area contributed by atoms with Gasteiger partial charge in [-0.3, -0.25) is 0 Å². The van der Waals surface area contributed by atoms with Crippen molar-refractivity contribution in [3.8, 4) is 5.75 Å². The molecule has 0 heterocycles. The van der Waals surface area contributed by atoms with Crippen LogP contribution in [-0.2, 0) is 6.54 Å². The second kappa shape index (κ2) is 6.92. The summed E-state index contributed by atoms with van der Waals surface area (Å²) in [6.07, 6.45) is -0.732. The molecule has 1 aromatic carbocycles. The van der Waals surface area contributed by atoms with E-state index in [1.165, 1.54) is 0 Å². The fourth-order valence-electron chi connectivity index (χ4n) is 1.74. The molecule has 0 amide bonds. The predicted molar refractivity (Wildman–Crippen MR) is 87.2 cm³/mol. The van der Waals surface area contributed by atoms with E-state index in [-0.39, 0.29) is 11.6 Å². The molecule has 0 aliphatic rings. The van der Waals surface area contributed by atoms with Crippen LogP contribution in [-0.4, -0.2) is 22.9 Å². The first-order chi connectivity index (χ1) is 9.10. The average Bonchev–Trinajstić information content (AvgIpc) is 2.28. The van der Waals surface area contributed by atoms with Crippen molar-refractivity contribution in [2.45, 2.75) is 65.8 Å². The number of halogens is 1. The number of ether oxygens (including phenoxy) is 1. The third-order valence-corrected chi connectivity index (χ3v) is 3.57. The Morgan fingerprint density at radius 1 is 1.30 bits per heavy atom. The van der Waals surface area contributed by atoms with E-state index in [2.05, 4.69) is 48.1 Å². The quantitative estimate of drug-likeness (QED) is 0.854. The topological polar surface area (TPSA) is 41.5 Å². The summed E-state index contributed by atoms with van der Waals surface area (Å²) in [4.78, 5) is 0. The highest BCUT2D eigenvalue weighted by molar-refractivity contribution is 9.10. The van der Waals surface area contributed by atoms with Crippen molar-refractivity contribution in [2.24, 2.45) is 0 Å². The number of hydrogen-bond donors (Lipinski definition) is 2. The van der Waals surface area contributed by atoms with Crippen molar-refractivity contribution in [3.05, 3.63) is 27.7 Å². The van der Waals surface area contributed by atoms with Crippen LogP contribution in [0, 0.1) is 6.92 Å². The van der Waals surface area contributed by atoms with Crippen LogP contribution in [0.25, 0.3) is 0 Å². The predicted octanol–water partition coefficient (Wildman–Crippen LogP) is 3.79. The Balaban J connectivity index is 3.01. The van der Waals surface area contributed by atoms with Crippen LogP contribution in [0.3, 0.4) is 0 Å². The molecule has 114 valence electrons. The van der Waals surface area contributed by atoms with Crippen molar-refractivity contribution in [1.29, 1.82) is 0 Å². The molecule has 0 fully saturated rings. The summed E-state index contributed by atoms with van der Waals surface area (Å²) in [7, 11) is 0. The number of aliphatic hydroxyl groups excluding tert-OH is 1. The van der Waals surface area contributed by atoms with E-state index in [1.807, 2.05) is 19.9 Å². The summed E-state index contributed by atoms with van der Waals surface area (Å²) in [5, 5.41) is 13.1. The van der Waals surface area contributed by atoms with Crippen molar-refractivity contribution >= 4 is 15.9 Å². The first-order valence-electron chi connectivity index (χ1n) is 6.99. The molecule has 20 heavy (non-hydrogen) atoms. The smallest absolute Gasteiger partial charge is 0.127 e. The zero-order chi connectivity index (χ0) is 15.5. The second-order valence-electron chi connectivity index (χ2n) is 6.38. The zero-order valence-electron chi connectivity index (χ0n) is 13.2. The summed E-state index contributed by atoms with van der Waals surface area (Å²) < 4.78 is 6.99. The van der Waals surface area contributed by atoms with Crippen molar-refractivity contribution in [3.63, 3.8) is 0 Å². The highest BCUT2D eigenvalue weighted by Crippen LogP contribution is 2.29. The first-order valence-corrected chi connectivity index (χ1v) is 7.78. The molecule has 1 rings (SSSR count). The van der Waals surface area contributed by atoms with E-state index in [1.54, 1.807) is 6.92 Å². The molecular weight excluding hydrogens is 318 g/mol. The van der Waals surface area contributed by atoms with Gasteiger partial charge in [-0.1, -0.05) is 15.9 Å². The lowest BCUT2D eigenvalue weighted by Gasteiger charge is -2.25. The summed E-state index contributed by atoms with van der Waals surface area (Å²) in [6, 6.07) is 4.10. The van der Waals surface area contributed by atoms with Gasteiger partial charge < -0.3 is 15.2 Å². The Hall–Kier alpha value is -0.580. The van der Waals surface area contributed by atoms with Gasteiger partial charge in [0.1, 0.15) is 11.9 Å². The van der Waals surface area contributed by atoms with Gasteiger partial charge in [0.2, 0.25) is 0 Å². The van der Waals surface area contributed by atoms with Crippen LogP contribution < -0.4 is 10.1 Å². The maximum Gasteiger partial charge on any atom is 0.127 e. The summed E-state index contributed by atoms with van der Waals surface area (Å²) in [5.41, 5.74) is 2.21. The lowest BCUT2D eigenvalue weighted by Crippen LogP contribution is -2.35. The van der Waals surface area contributed by atoms with E-state index in [9.17, 15) is 5.11 Å². The molecule has 4 heteroatoms. The van der Waals surface area contributed by atoms with Gasteiger partial charge in [0.25, 0.3) is 0 Å². The largest absolute Gasteiger partial charge is 0.487 e. The number of benzene rings is 1. The van der Waals surface area contributed by atoms with Crippen LogP contribution in [0.15, 0.2) is 16.6 Å². The number of rotatable bonds is 5. The molecule has 0 saturated heterocycles. The minimum absolute atomic E-state index is 0.0450. The number of nitrogens with one attached hydrogen (secondary N) is 1. The molecule has 3 nitrogen and oxygen atoms in total. The van der Waals surface area contributed by atoms with Gasteiger partial charge in [0.15, 0.2) is 0 Å². The lowest BCUT2D eigenvalue weighted by atomic mass is 10.1. The van der Waals surface area contributed by atoms with Crippen LogP contribution in [0.5, 0.6) is 5.75 Å². The molecule has 0 aromatic heterocycles. The first kappa shape index (κ1) is 17.5. The van der Waals surface area contributed by atoms with Gasteiger partial charge in [-0.05, 0) is 59.2 Å². The molecule has 2 N–H and O–H groups in total. The second-order valence-corrected chi connectivity index (χ2v) is 7.29. The number of hydrogen-bond acceptors (Lipinski definition) is 3. The minimum atomic E-state index is -0.499. The van der Waals surface area contributed by atoms with Crippen molar-refractivity contribution < 1.29 is 9.84 Å². The molecule has 2 atom stereocenters. The Morgan fingerprint density at radius 3 is 2.40 bits per heavy atom. The van der Waals surface area contributed by atoms with Crippen LogP contribution in [0.2, 0.25) is 0 Å². The van der Waals surface area contributed by atoms with Gasteiger partial charge in [0.05, 0.1) is 6.10 Å². The van der Waals surface area contributed by atoms with E-state index in [0.29, 0.717) is 0 Å². The third-order valence-electron chi connectivity index (χ3n) is 3.11. The van der Waals surface area contributed by atoms with E-state index in [0.717, 1.165) is 27.9 Å². The molecule has 2 unspecified atom stereocenters. The zero-order valence-corrected chi connectivity index (χ0v) is 14.8. The maximum absolute atomic E-state index is 9.63. The number of aryl methyl sites for hydroxylation is 1. The molecule has 0 saturated carbocycles. The standard InChI is InChI=1S/C16H26BrNO2/c1-10-7-14(17)8-13(9-18-16(4,5)6)15(10)20-12(3)11(2)19/h7-8,11-12,18-19H,9H2,1-6H3. The Labute approximate surface area is 130 Å². The van der Waals surface area contributed by atoms with Gasteiger partial charge in [-0.15, -0.1) is 0 Å². The highest BCUT2D eigenvalue weighted by atomic mass is 79.9. The maximum atomic E-state index is 9.63. The van der Waals surface area contributed by atoms with Gasteiger partial charge in [-0.2, -0.15) is 0 Å². The summed E-state index contributed by atoms with van der Waals surface area (Å²) in [6.45, 7) is 12.8. The van der Waals surface area contributed by atoms with Crippen molar-refractivity contribution in [2.75, 3.05) is 0 Å². The Morgan fingerprint density at radius 2 is 1.90 bits per heavy atom. The summed E-state index contributed by atoms with van der Waals surface area (Å²) in [5.74, 6) is 0.860. The molecule has 0 spiro atoms. The fraction of sp³-hybridized carbons (Fsp3) is 0.625. The van der Waals surface area contributed by atoms with Crippen LogP contribution in [0.1, 0.15) is 45.7 Å². The van der Waals surface area contributed by atoms with Crippen LogP contribution in [0.4, 0.5) is 0 Å².